The summed E-state index contributed by atoms with van der Waals surface area (Å²) in [6.07, 6.45) is 9.23. The fourth-order valence-electron chi connectivity index (χ4n) is 3.23. The maximum Gasteiger partial charge on any atom is 0.303 e. The summed E-state index contributed by atoms with van der Waals surface area (Å²) < 4.78 is 0. The maximum absolute atomic E-state index is 12.1. The number of Topliss-reactive ketones (excluding diaryl/α,β-unsaturated/α-hetero) is 1. The first-order valence-electron chi connectivity index (χ1n) is 9.43. The van der Waals surface area contributed by atoms with E-state index < -0.39 is 18.2 Å². The highest BCUT2D eigenvalue weighted by Gasteiger charge is 2.39. The van der Waals surface area contributed by atoms with E-state index in [4.69, 9.17) is 5.11 Å². The number of ketones is 1. The van der Waals surface area contributed by atoms with Gasteiger partial charge in [-0.1, -0.05) is 24.3 Å². The molecule has 0 amide bonds. The van der Waals surface area contributed by atoms with Crippen LogP contribution in [-0.2, 0) is 9.59 Å². The van der Waals surface area contributed by atoms with E-state index in [1.807, 2.05) is 12.2 Å². The lowest BCUT2D eigenvalue weighted by molar-refractivity contribution is -0.137. The van der Waals surface area contributed by atoms with Crippen LogP contribution >= 0.6 is 0 Å². The minimum absolute atomic E-state index is 0.0194. The molecule has 26 heavy (non-hydrogen) atoms. The molecule has 1 aliphatic carbocycles. The van der Waals surface area contributed by atoms with Gasteiger partial charge in [0.2, 0.25) is 0 Å². The van der Waals surface area contributed by atoms with Crippen molar-refractivity contribution in [1.82, 2.24) is 0 Å². The van der Waals surface area contributed by atoms with Gasteiger partial charge in [-0.3, -0.25) is 9.59 Å². The Balaban J connectivity index is 2.47. The van der Waals surface area contributed by atoms with Gasteiger partial charge < -0.3 is 20.4 Å². The molecule has 0 saturated heterocycles. The first-order valence-corrected chi connectivity index (χ1v) is 9.43. The van der Waals surface area contributed by atoms with Crippen molar-refractivity contribution >= 4 is 11.8 Å². The number of carbonyl (C=O) groups is 2. The molecule has 0 aromatic carbocycles. The third-order valence-electron chi connectivity index (χ3n) is 4.73. The molecule has 1 aliphatic rings. The highest BCUT2D eigenvalue weighted by atomic mass is 16.4. The number of carbonyl (C=O) groups excluding carboxylic acids is 1. The predicted molar refractivity (Wildman–Crippen MR) is 98.5 cm³/mol. The van der Waals surface area contributed by atoms with Crippen LogP contribution in [0.3, 0.4) is 0 Å². The summed E-state index contributed by atoms with van der Waals surface area (Å²) >= 11 is 0. The second kappa shape index (κ2) is 12.0. The number of hydrogen-bond acceptors (Lipinski definition) is 5. The van der Waals surface area contributed by atoms with E-state index in [0.717, 1.165) is 0 Å². The van der Waals surface area contributed by atoms with Gasteiger partial charge >= 0.3 is 5.97 Å². The van der Waals surface area contributed by atoms with E-state index in [0.29, 0.717) is 38.5 Å². The van der Waals surface area contributed by atoms with Crippen molar-refractivity contribution in [1.29, 1.82) is 0 Å². The number of hydrogen-bond donors (Lipinski definition) is 4. The molecule has 0 heterocycles. The molecule has 6 nitrogen and oxygen atoms in total. The highest BCUT2D eigenvalue weighted by molar-refractivity contribution is 5.84. The third kappa shape index (κ3) is 8.74. The van der Waals surface area contributed by atoms with Crippen LogP contribution in [0.2, 0.25) is 0 Å². The first kappa shape index (κ1) is 22.5. The molecular weight excluding hydrogens is 336 g/mol. The number of unbranched alkanes of at least 4 members (excludes halogenated alkanes) is 1. The van der Waals surface area contributed by atoms with Crippen molar-refractivity contribution in [2.75, 3.05) is 0 Å². The average Bonchev–Trinajstić information content (AvgIpc) is 2.81. The van der Waals surface area contributed by atoms with E-state index in [9.17, 15) is 24.9 Å². The standard InChI is InChI=1S/C20H32O6/c1-14(21)7-6-8-15(22)11-12-17-16(18(23)13-19(17)24)9-4-2-3-5-10-20(25)26/h2,4,11-12,14-17,19,21-22,24H,3,5-10,13H2,1H3,(H,25,26)/b4-2+,12-11+/t14-,15?,16?,17?,19?/m0/s1. The van der Waals surface area contributed by atoms with Crippen LogP contribution in [0.5, 0.6) is 0 Å². The zero-order valence-electron chi connectivity index (χ0n) is 15.5. The molecule has 4 unspecified atom stereocenters. The molecule has 0 aromatic rings. The Hall–Kier alpha value is -1.50. The number of carboxylic acids is 1. The third-order valence-corrected chi connectivity index (χ3v) is 4.73. The van der Waals surface area contributed by atoms with Crippen LogP contribution in [0.15, 0.2) is 24.3 Å². The van der Waals surface area contributed by atoms with Gasteiger partial charge in [0.25, 0.3) is 0 Å². The van der Waals surface area contributed by atoms with Gasteiger partial charge in [0.1, 0.15) is 5.78 Å². The van der Waals surface area contributed by atoms with Gasteiger partial charge in [-0.2, -0.15) is 0 Å². The van der Waals surface area contributed by atoms with Gasteiger partial charge in [-0.05, 0) is 45.4 Å². The van der Waals surface area contributed by atoms with Crippen molar-refractivity contribution < 1.29 is 30.0 Å². The maximum atomic E-state index is 12.1. The van der Waals surface area contributed by atoms with Crippen LogP contribution in [0.25, 0.3) is 0 Å². The van der Waals surface area contributed by atoms with Crippen LogP contribution in [-0.4, -0.2) is 50.5 Å². The fourth-order valence-corrected chi connectivity index (χ4v) is 3.23. The Morgan fingerprint density at radius 3 is 2.62 bits per heavy atom. The quantitative estimate of drug-likeness (QED) is 0.310. The number of aliphatic carboxylic acids is 1. The summed E-state index contributed by atoms with van der Waals surface area (Å²) in [7, 11) is 0. The summed E-state index contributed by atoms with van der Waals surface area (Å²) in [5, 5.41) is 37.9. The number of rotatable bonds is 12. The minimum atomic E-state index is -0.815. The summed E-state index contributed by atoms with van der Waals surface area (Å²) in [6.45, 7) is 1.71. The molecule has 0 spiro atoms. The van der Waals surface area contributed by atoms with E-state index in [1.54, 1.807) is 19.1 Å². The lowest BCUT2D eigenvalue weighted by Crippen LogP contribution is -2.18. The van der Waals surface area contributed by atoms with Crippen molar-refractivity contribution in [3.63, 3.8) is 0 Å². The van der Waals surface area contributed by atoms with Gasteiger partial charge in [0.15, 0.2) is 0 Å². The topological polar surface area (TPSA) is 115 Å². The van der Waals surface area contributed by atoms with E-state index in [2.05, 4.69) is 0 Å². The molecule has 0 radical (unpaired) electrons. The lowest BCUT2D eigenvalue weighted by Gasteiger charge is -2.16. The Bertz CT molecular complexity index is 497. The Kier molecular flexibility index (Phi) is 10.4. The van der Waals surface area contributed by atoms with Gasteiger partial charge in [0, 0.05) is 24.7 Å². The molecule has 0 bridgehead atoms. The highest BCUT2D eigenvalue weighted by Crippen LogP contribution is 2.33. The van der Waals surface area contributed by atoms with Crippen molar-refractivity contribution in [2.24, 2.45) is 11.8 Å². The molecule has 1 rings (SSSR count). The van der Waals surface area contributed by atoms with Gasteiger partial charge in [-0.15, -0.1) is 0 Å². The molecule has 0 aromatic heterocycles. The van der Waals surface area contributed by atoms with E-state index in [1.165, 1.54) is 0 Å². The zero-order valence-corrected chi connectivity index (χ0v) is 15.5. The Morgan fingerprint density at radius 1 is 1.23 bits per heavy atom. The molecular formula is C20H32O6. The lowest BCUT2D eigenvalue weighted by atomic mass is 9.90. The van der Waals surface area contributed by atoms with Crippen LogP contribution in [0.1, 0.15) is 58.3 Å². The number of allylic oxidation sites excluding steroid dienone is 2. The second-order valence-electron chi connectivity index (χ2n) is 7.15. The smallest absolute Gasteiger partial charge is 0.303 e. The number of carboxylic acid groups (broad SMARTS) is 1. The van der Waals surface area contributed by atoms with Gasteiger partial charge in [-0.25, -0.2) is 0 Å². The monoisotopic (exact) mass is 368 g/mol. The van der Waals surface area contributed by atoms with E-state index in [-0.39, 0.29) is 36.6 Å². The predicted octanol–water partition coefficient (Wildman–Crippen LogP) is 2.22. The first-order chi connectivity index (χ1) is 12.3. The van der Waals surface area contributed by atoms with Gasteiger partial charge in [0.05, 0.1) is 18.3 Å². The summed E-state index contributed by atoms with van der Waals surface area (Å²) in [6, 6.07) is 0. The molecule has 4 N–H and O–H groups in total. The van der Waals surface area contributed by atoms with Crippen molar-refractivity contribution in [3.05, 3.63) is 24.3 Å². The Morgan fingerprint density at radius 2 is 1.96 bits per heavy atom. The molecule has 148 valence electrons. The van der Waals surface area contributed by atoms with Crippen LogP contribution < -0.4 is 0 Å². The molecule has 1 fully saturated rings. The summed E-state index contributed by atoms with van der Waals surface area (Å²) in [4.78, 5) is 22.6. The van der Waals surface area contributed by atoms with Crippen LogP contribution in [0.4, 0.5) is 0 Å². The average molecular weight is 368 g/mol. The number of aliphatic hydroxyl groups excluding tert-OH is 3. The molecule has 6 heteroatoms. The number of aliphatic hydroxyl groups is 3. The molecule has 5 atom stereocenters. The second-order valence-corrected chi connectivity index (χ2v) is 7.15. The fraction of sp³-hybridized carbons (Fsp3) is 0.700. The van der Waals surface area contributed by atoms with E-state index >= 15 is 0 Å². The largest absolute Gasteiger partial charge is 0.481 e. The normalized spacial score (nSPS) is 26.0. The van der Waals surface area contributed by atoms with Crippen molar-refractivity contribution in [3.8, 4) is 0 Å². The van der Waals surface area contributed by atoms with Crippen LogP contribution in [0, 0.1) is 11.8 Å². The molecule has 1 saturated carbocycles. The zero-order chi connectivity index (χ0) is 19.5. The minimum Gasteiger partial charge on any atom is -0.481 e. The summed E-state index contributed by atoms with van der Waals surface area (Å²) in [5.41, 5.74) is 0. The SMILES string of the molecule is C[C@H](O)CCCC(O)/C=C/C1C(O)CC(=O)C1C/C=C/CCCC(=O)O. The Labute approximate surface area is 155 Å². The molecule has 0 aliphatic heterocycles. The summed E-state index contributed by atoms with van der Waals surface area (Å²) in [5.74, 6) is -1.41. The van der Waals surface area contributed by atoms with Crippen molar-refractivity contribution in [2.45, 2.75) is 76.6 Å².